The summed E-state index contributed by atoms with van der Waals surface area (Å²) in [5.74, 6) is -56.8. The van der Waals surface area contributed by atoms with Crippen LogP contribution in [0.15, 0.2) is 24.3 Å². The number of alkyl halides is 16. The van der Waals surface area contributed by atoms with E-state index in [1.54, 1.807) is 0 Å². The van der Waals surface area contributed by atoms with Gasteiger partial charge >= 0.3 is 53.9 Å². The van der Waals surface area contributed by atoms with Gasteiger partial charge in [-0.15, -0.1) is 0 Å². The minimum absolute atomic E-state index is 0.0521. The zero-order valence-electron chi connectivity index (χ0n) is 21.9. The Morgan fingerprint density at radius 2 is 1.16 bits per heavy atom. The van der Waals surface area contributed by atoms with Gasteiger partial charge < -0.3 is 4.74 Å². The van der Waals surface area contributed by atoms with Gasteiger partial charge in [-0.25, -0.2) is 13.6 Å². The van der Waals surface area contributed by atoms with Gasteiger partial charge in [0.05, 0.1) is 5.56 Å². The molecule has 2 rings (SSSR count). The van der Waals surface area contributed by atoms with E-state index in [2.05, 4.69) is 4.74 Å². The van der Waals surface area contributed by atoms with E-state index in [4.69, 9.17) is 0 Å². The van der Waals surface area contributed by atoms with E-state index in [1.165, 1.54) is 12.1 Å². The number of halogens is 16. The Bertz CT molecular complexity index is 1090. The molecule has 2 nitrogen and oxygen atoms in total. The number of benzene rings is 1. The van der Waals surface area contributed by atoms with Crippen LogP contribution in [-0.4, -0.2) is 60.5 Å². The van der Waals surface area contributed by atoms with Crippen molar-refractivity contribution in [3.8, 4) is 0 Å². The SMILES string of the molecule is CCCC1CCC(c2ccc(C(=O)OCC(F)(F)C(F)(F)C(F)(F)C(F)(F)C(F)(F)C(F)(F)C(F)(F)C(F)F)cc2)CC1. The first-order valence-electron chi connectivity index (χ1n) is 12.5. The van der Waals surface area contributed by atoms with Crippen molar-refractivity contribution in [3.63, 3.8) is 0 Å². The van der Waals surface area contributed by atoms with Crippen LogP contribution in [0.1, 0.15) is 67.3 Å². The molecule has 1 aliphatic carbocycles. The first-order valence-corrected chi connectivity index (χ1v) is 12.5. The zero-order valence-corrected chi connectivity index (χ0v) is 21.9. The molecule has 0 saturated heterocycles. The summed E-state index contributed by atoms with van der Waals surface area (Å²) in [6, 6.07) is 4.64. The molecule has 1 saturated carbocycles. The summed E-state index contributed by atoms with van der Waals surface area (Å²) >= 11 is 0. The molecule has 0 aromatic heterocycles. The van der Waals surface area contributed by atoms with E-state index in [0.29, 0.717) is 11.5 Å². The summed E-state index contributed by atoms with van der Waals surface area (Å²) in [5.41, 5.74) is 0.0698. The fraction of sp³-hybridized carbons (Fsp3) is 0.720. The minimum Gasteiger partial charge on any atom is -0.455 e. The van der Waals surface area contributed by atoms with Crippen molar-refractivity contribution in [2.24, 2.45) is 5.92 Å². The summed E-state index contributed by atoms with van der Waals surface area (Å²) in [5, 5.41) is 0. The highest BCUT2D eigenvalue weighted by Gasteiger charge is 2.93. The number of hydrogen-bond donors (Lipinski definition) is 0. The van der Waals surface area contributed by atoms with E-state index in [-0.39, 0.29) is 5.92 Å². The summed E-state index contributed by atoms with van der Waals surface area (Å²) in [4.78, 5) is 12.0. The number of hydrogen-bond acceptors (Lipinski definition) is 2. The lowest BCUT2D eigenvalue weighted by Gasteiger charge is -2.42. The third kappa shape index (κ3) is 6.25. The first kappa shape index (κ1) is 36.8. The first-order chi connectivity index (χ1) is 19.3. The van der Waals surface area contributed by atoms with Crippen molar-refractivity contribution in [3.05, 3.63) is 35.4 Å². The van der Waals surface area contributed by atoms with Crippen LogP contribution in [0.2, 0.25) is 0 Å². The molecular formula is C25H24F16O2. The van der Waals surface area contributed by atoms with Gasteiger partial charge in [0.15, 0.2) is 6.61 Å². The lowest BCUT2D eigenvalue weighted by Crippen LogP contribution is -2.74. The Kier molecular flexibility index (Phi) is 10.4. The summed E-state index contributed by atoms with van der Waals surface area (Å²) in [7, 11) is 0. The largest absolute Gasteiger partial charge is 0.455 e. The quantitative estimate of drug-likeness (QED) is 0.156. The third-order valence-corrected chi connectivity index (χ3v) is 7.28. The van der Waals surface area contributed by atoms with E-state index < -0.39 is 66.0 Å². The van der Waals surface area contributed by atoms with Crippen molar-refractivity contribution in [1.82, 2.24) is 0 Å². The molecule has 0 radical (unpaired) electrons. The molecule has 0 aliphatic heterocycles. The molecule has 0 bridgehead atoms. The van der Waals surface area contributed by atoms with Crippen LogP contribution in [-0.2, 0) is 4.74 Å². The van der Waals surface area contributed by atoms with Crippen molar-refractivity contribution in [2.75, 3.05) is 6.61 Å². The molecule has 1 aromatic rings. The highest BCUT2D eigenvalue weighted by molar-refractivity contribution is 5.89. The van der Waals surface area contributed by atoms with Crippen molar-refractivity contribution < 1.29 is 79.8 Å². The van der Waals surface area contributed by atoms with Crippen molar-refractivity contribution in [1.29, 1.82) is 0 Å². The second kappa shape index (κ2) is 12.2. The summed E-state index contributed by atoms with van der Waals surface area (Å²) < 4.78 is 218. The van der Waals surface area contributed by atoms with E-state index in [9.17, 15) is 75.0 Å². The molecule has 0 unspecified atom stereocenters. The van der Waals surface area contributed by atoms with Crippen LogP contribution in [0.4, 0.5) is 70.2 Å². The average Bonchev–Trinajstić information content (AvgIpc) is 2.91. The van der Waals surface area contributed by atoms with Gasteiger partial charge in [-0.2, -0.15) is 61.5 Å². The number of ether oxygens (including phenoxy) is 1. The normalized spacial score (nSPS) is 20.0. The monoisotopic (exact) mass is 660 g/mol. The lowest BCUT2D eigenvalue weighted by atomic mass is 9.77. The Morgan fingerprint density at radius 3 is 1.60 bits per heavy atom. The molecule has 0 spiro atoms. The molecule has 1 aromatic carbocycles. The number of carbonyl (C=O) groups excluding carboxylic acids is 1. The van der Waals surface area contributed by atoms with E-state index in [0.717, 1.165) is 50.7 Å². The van der Waals surface area contributed by atoms with Crippen molar-refractivity contribution >= 4 is 5.97 Å². The zero-order chi connectivity index (χ0) is 33.4. The van der Waals surface area contributed by atoms with E-state index >= 15 is 0 Å². The second-order valence-corrected chi connectivity index (χ2v) is 10.2. The predicted octanol–water partition coefficient (Wildman–Crippen LogP) is 9.63. The van der Waals surface area contributed by atoms with Gasteiger partial charge in [-0.3, -0.25) is 0 Å². The van der Waals surface area contributed by atoms with Crippen LogP contribution >= 0.6 is 0 Å². The van der Waals surface area contributed by atoms with E-state index in [1.807, 2.05) is 6.92 Å². The average molecular weight is 660 g/mol. The van der Waals surface area contributed by atoms with Crippen LogP contribution in [0.3, 0.4) is 0 Å². The van der Waals surface area contributed by atoms with Gasteiger partial charge in [-0.05, 0) is 55.2 Å². The molecule has 0 atom stereocenters. The molecule has 18 heteroatoms. The maximum atomic E-state index is 14.0. The Labute approximate surface area is 233 Å². The maximum Gasteiger partial charge on any atom is 0.385 e. The molecule has 0 N–H and O–H groups in total. The Morgan fingerprint density at radius 1 is 0.721 bits per heavy atom. The minimum atomic E-state index is -8.50. The molecule has 0 heterocycles. The topological polar surface area (TPSA) is 26.3 Å². The summed E-state index contributed by atoms with van der Waals surface area (Å²) in [6.07, 6.45) is -0.498. The Hall–Kier alpha value is -2.43. The number of rotatable bonds is 13. The maximum absolute atomic E-state index is 14.0. The Balaban J connectivity index is 2.21. The van der Waals surface area contributed by atoms with Gasteiger partial charge in [0.25, 0.3) is 0 Å². The highest BCUT2D eigenvalue weighted by Crippen LogP contribution is 2.62. The lowest BCUT2D eigenvalue weighted by molar-refractivity contribution is -0.447. The molecule has 248 valence electrons. The van der Waals surface area contributed by atoms with Crippen LogP contribution in [0.25, 0.3) is 0 Å². The van der Waals surface area contributed by atoms with Gasteiger partial charge in [-0.1, -0.05) is 31.9 Å². The standard InChI is InChI=1S/C25H24F16O2/c1-2-3-13-4-6-14(7-5-13)15-8-10-16(11-9-15)17(42)43-12-19(28,29)21(32,33)23(36,37)25(40,41)24(38,39)22(34,35)20(30,31)18(26)27/h8-11,13-14,18H,2-7,12H2,1H3. The number of carbonyl (C=O) groups is 1. The molecule has 43 heavy (non-hydrogen) atoms. The van der Waals surface area contributed by atoms with Gasteiger partial charge in [0.1, 0.15) is 0 Å². The van der Waals surface area contributed by atoms with Crippen LogP contribution in [0, 0.1) is 5.92 Å². The van der Waals surface area contributed by atoms with Crippen LogP contribution in [0.5, 0.6) is 0 Å². The molecule has 0 amide bonds. The van der Waals surface area contributed by atoms with Gasteiger partial charge in [0.2, 0.25) is 0 Å². The van der Waals surface area contributed by atoms with Gasteiger partial charge in [0, 0.05) is 0 Å². The summed E-state index contributed by atoms with van der Waals surface area (Å²) in [6.45, 7) is -1.17. The number of esters is 1. The fourth-order valence-corrected chi connectivity index (χ4v) is 4.58. The smallest absolute Gasteiger partial charge is 0.385 e. The molecule has 1 aliphatic rings. The predicted molar refractivity (Wildman–Crippen MR) is 117 cm³/mol. The second-order valence-electron chi connectivity index (χ2n) is 10.2. The fourth-order valence-electron chi connectivity index (χ4n) is 4.58. The van der Waals surface area contributed by atoms with Crippen LogP contribution < -0.4 is 0 Å². The highest BCUT2D eigenvalue weighted by atomic mass is 19.4. The third-order valence-electron chi connectivity index (χ3n) is 7.28. The molecular weight excluding hydrogens is 636 g/mol. The van der Waals surface area contributed by atoms with Crippen molar-refractivity contribution in [2.45, 2.75) is 99.2 Å². The molecule has 1 fully saturated rings.